The van der Waals surface area contributed by atoms with Crippen molar-refractivity contribution in [2.45, 2.75) is 45.1 Å². The van der Waals surface area contributed by atoms with E-state index in [0.29, 0.717) is 25.4 Å². The fraction of sp³-hybridized carbons (Fsp3) is 0.600. The van der Waals surface area contributed by atoms with Gasteiger partial charge in [0.1, 0.15) is 0 Å². The van der Waals surface area contributed by atoms with Gasteiger partial charge in [-0.25, -0.2) is 0 Å². The summed E-state index contributed by atoms with van der Waals surface area (Å²) in [6, 6.07) is 4.04. The highest BCUT2D eigenvalue weighted by Gasteiger charge is 2.22. The molecule has 2 amide bonds. The second-order valence-corrected chi connectivity index (χ2v) is 6.22. The van der Waals surface area contributed by atoms with Gasteiger partial charge in [-0.2, -0.15) is 0 Å². The van der Waals surface area contributed by atoms with Gasteiger partial charge in [-0.1, -0.05) is 6.07 Å². The molecule has 110 valence electrons. The minimum atomic E-state index is -0.0428. The lowest BCUT2D eigenvalue weighted by Crippen LogP contribution is -2.42. The quantitative estimate of drug-likeness (QED) is 0.849. The molecular formula is C15H22N2O2S. The third kappa shape index (κ3) is 4.07. The zero-order valence-electron chi connectivity index (χ0n) is 11.9. The van der Waals surface area contributed by atoms with Gasteiger partial charge in [-0.3, -0.25) is 9.59 Å². The van der Waals surface area contributed by atoms with Crippen LogP contribution in [0.4, 0.5) is 0 Å². The lowest BCUT2D eigenvalue weighted by Gasteiger charge is -2.33. The van der Waals surface area contributed by atoms with Crippen LogP contribution in [0.15, 0.2) is 17.5 Å². The summed E-state index contributed by atoms with van der Waals surface area (Å²) in [6.07, 6.45) is 4.68. The number of amides is 2. The van der Waals surface area contributed by atoms with E-state index in [-0.39, 0.29) is 11.8 Å². The molecule has 0 saturated carbocycles. The first-order valence-electron chi connectivity index (χ1n) is 7.29. The predicted octanol–water partition coefficient (Wildman–Crippen LogP) is 2.66. The third-order valence-corrected chi connectivity index (χ3v) is 4.59. The van der Waals surface area contributed by atoms with Crippen LogP contribution in [0.5, 0.6) is 0 Å². The highest BCUT2D eigenvalue weighted by molar-refractivity contribution is 7.12. The topological polar surface area (TPSA) is 49.4 Å². The summed E-state index contributed by atoms with van der Waals surface area (Å²) in [5, 5.41) is 4.74. The molecule has 5 heteroatoms. The number of nitrogens with zero attached hydrogens (tertiary/aromatic N) is 1. The summed E-state index contributed by atoms with van der Waals surface area (Å²) in [7, 11) is 0. The largest absolute Gasteiger partial charge is 0.351 e. The number of nitrogens with one attached hydrogen (secondary N) is 1. The molecule has 1 fully saturated rings. The van der Waals surface area contributed by atoms with E-state index in [9.17, 15) is 9.59 Å². The van der Waals surface area contributed by atoms with E-state index in [1.54, 1.807) is 6.07 Å². The molecule has 0 bridgehead atoms. The van der Waals surface area contributed by atoms with Crippen molar-refractivity contribution in [3.8, 4) is 0 Å². The summed E-state index contributed by atoms with van der Waals surface area (Å²) >= 11 is 1.43. The summed E-state index contributed by atoms with van der Waals surface area (Å²) in [5.41, 5.74) is 0. The van der Waals surface area contributed by atoms with Crippen LogP contribution < -0.4 is 5.32 Å². The molecule has 2 rings (SSSR count). The number of rotatable bonds is 5. The van der Waals surface area contributed by atoms with Crippen molar-refractivity contribution >= 4 is 23.2 Å². The molecule has 0 spiro atoms. The van der Waals surface area contributed by atoms with Gasteiger partial charge in [0.25, 0.3) is 5.91 Å². The lowest BCUT2D eigenvalue weighted by molar-refractivity contribution is -0.134. The number of hydrogen-bond acceptors (Lipinski definition) is 3. The van der Waals surface area contributed by atoms with Crippen molar-refractivity contribution in [3.63, 3.8) is 0 Å². The number of thiophene rings is 1. The maximum Gasteiger partial charge on any atom is 0.261 e. The lowest BCUT2D eigenvalue weighted by atomic mass is 10.0. The SMILES string of the molecule is CC1CCCCN1C(=O)CCCNC(=O)c1cccs1. The average molecular weight is 294 g/mol. The number of carbonyl (C=O) groups excluding carboxylic acids is 2. The number of carbonyl (C=O) groups is 2. The molecule has 1 N–H and O–H groups in total. The smallest absolute Gasteiger partial charge is 0.261 e. The molecule has 1 aromatic heterocycles. The van der Waals surface area contributed by atoms with Crippen LogP contribution in [0.1, 0.15) is 48.7 Å². The van der Waals surface area contributed by atoms with Crippen molar-refractivity contribution in [2.24, 2.45) is 0 Å². The maximum absolute atomic E-state index is 12.1. The molecule has 1 aliphatic rings. The summed E-state index contributed by atoms with van der Waals surface area (Å²) in [5.74, 6) is 0.182. The highest BCUT2D eigenvalue weighted by atomic mass is 32.1. The predicted molar refractivity (Wildman–Crippen MR) is 80.9 cm³/mol. The molecule has 2 heterocycles. The third-order valence-electron chi connectivity index (χ3n) is 3.72. The molecule has 4 nitrogen and oxygen atoms in total. The van der Waals surface area contributed by atoms with Gasteiger partial charge in [0.05, 0.1) is 4.88 Å². The van der Waals surface area contributed by atoms with E-state index in [0.717, 1.165) is 24.3 Å². The van der Waals surface area contributed by atoms with Crippen molar-refractivity contribution in [1.29, 1.82) is 0 Å². The molecule has 20 heavy (non-hydrogen) atoms. The Labute approximate surface area is 124 Å². The molecule has 1 aliphatic heterocycles. The molecule has 0 aliphatic carbocycles. The summed E-state index contributed by atoms with van der Waals surface area (Å²) < 4.78 is 0. The van der Waals surface area contributed by atoms with Crippen LogP contribution >= 0.6 is 11.3 Å². The number of piperidine rings is 1. The van der Waals surface area contributed by atoms with Crippen LogP contribution in [0, 0.1) is 0 Å². The zero-order chi connectivity index (χ0) is 14.4. The van der Waals surface area contributed by atoms with Gasteiger partial charge in [0.2, 0.25) is 5.91 Å². The fourth-order valence-corrected chi connectivity index (χ4v) is 3.19. The molecule has 0 aromatic carbocycles. The van der Waals surface area contributed by atoms with E-state index < -0.39 is 0 Å². The van der Waals surface area contributed by atoms with Crippen LogP contribution in [0.25, 0.3) is 0 Å². The molecular weight excluding hydrogens is 272 g/mol. The van der Waals surface area contributed by atoms with E-state index in [4.69, 9.17) is 0 Å². The Balaban J connectivity index is 1.65. The van der Waals surface area contributed by atoms with E-state index in [1.165, 1.54) is 17.8 Å². The Kier molecular flexibility index (Phi) is 5.59. The second kappa shape index (κ2) is 7.43. The van der Waals surface area contributed by atoms with E-state index >= 15 is 0 Å². The van der Waals surface area contributed by atoms with Crippen molar-refractivity contribution in [3.05, 3.63) is 22.4 Å². The van der Waals surface area contributed by atoms with Crippen molar-refractivity contribution in [2.75, 3.05) is 13.1 Å². The Morgan fingerprint density at radius 2 is 2.30 bits per heavy atom. The summed E-state index contributed by atoms with van der Waals surface area (Å²) in [4.78, 5) is 26.5. The minimum absolute atomic E-state index is 0.0428. The van der Waals surface area contributed by atoms with Gasteiger partial charge >= 0.3 is 0 Å². The van der Waals surface area contributed by atoms with Crippen LogP contribution in [-0.2, 0) is 4.79 Å². The number of hydrogen-bond donors (Lipinski definition) is 1. The maximum atomic E-state index is 12.1. The summed E-state index contributed by atoms with van der Waals surface area (Å²) in [6.45, 7) is 3.57. The first-order chi connectivity index (χ1) is 9.68. The van der Waals surface area contributed by atoms with Gasteiger partial charge in [0.15, 0.2) is 0 Å². The van der Waals surface area contributed by atoms with Crippen LogP contribution in [-0.4, -0.2) is 35.8 Å². The molecule has 1 saturated heterocycles. The highest BCUT2D eigenvalue weighted by Crippen LogP contribution is 2.17. The normalized spacial score (nSPS) is 18.9. The number of likely N-dealkylation sites (tertiary alicyclic amines) is 1. The van der Waals surface area contributed by atoms with E-state index in [1.807, 2.05) is 16.3 Å². The molecule has 1 unspecified atom stereocenters. The van der Waals surface area contributed by atoms with Crippen LogP contribution in [0.3, 0.4) is 0 Å². The Morgan fingerprint density at radius 1 is 1.45 bits per heavy atom. The van der Waals surface area contributed by atoms with Gasteiger partial charge < -0.3 is 10.2 Å². The Morgan fingerprint density at radius 3 is 3.00 bits per heavy atom. The Hall–Kier alpha value is -1.36. The molecule has 1 atom stereocenters. The van der Waals surface area contributed by atoms with Gasteiger partial charge in [-0.05, 0) is 44.1 Å². The van der Waals surface area contributed by atoms with Crippen molar-refractivity contribution < 1.29 is 9.59 Å². The van der Waals surface area contributed by atoms with E-state index in [2.05, 4.69) is 12.2 Å². The molecule has 0 radical (unpaired) electrons. The van der Waals surface area contributed by atoms with Gasteiger partial charge in [-0.15, -0.1) is 11.3 Å². The Bertz CT molecular complexity index is 445. The first-order valence-corrected chi connectivity index (χ1v) is 8.17. The minimum Gasteiger partial charge on any atom is -0.351 e. The molecule has 1 aromatic rings. The first kappa shape index (κ1) is 15.0. The standard InChI is InChI=1S/C15H22N2O2S/c1-12-6-2-3-10-17(12)14(18)8-4-9-16-15(19)13-7-5-11-20-13/h5,7,11-12H,2-4,6,8-10H2,1H3,(H,16,19). The second-order valence-electron chi connectivity index (χ2n) is 5.27. The van der Waals surface area contributed by atoms with Crippen molar-refractivity contribution in [1.82, 2.24) is 10.2 Å². The fourth-order valence-electron chi connectivity index (χ4n) is 2.55. The average Bonchev–Trinajstić information content (AvgIpc) is 2.98. The van der Waals surface area contributed by atoms with Gasteiger partial charge in [0, 0.05) is 25.6 Å². The zero-order valence-corrected chi connectivity index (χ0v) is 12.7. The van der Waals surface area contributed by atoms with Crippen LogP contribution in [0.2, 0.25) is 0 Å². The monoisotopic (exact) mass is 294 g/mol.